The number of hydrogen-bond donors (Lipinski definition) is 3. The van der Waals surface area contributed by atoms with Gasteiger partial charge in [0.1, 0.15) is 0 Å². The molecule has 4 N–H and O–H groups in total. The maximum atomic E-state index is 13.6. The number of halogens is 1. The fraction of sp³-hybridized carbons (Fsp3) is 0.417. The molecule has 0 aliphatic carbocycles. The first-order valence-corrected chi connectivity index (χ1v) is 12.8. The van der Waals surface area contributed by atoms with E-state index in [4.69, 9.17) is 28.0 Å². The Bertz CT molecular complexity index is 1120. The predicted octanol–water partition coefficient (Wildman–Crippen LogP) is 3.05. The van der Waals surface area contributed by atoms with Crippen LogP contribution in [-0.4, -0.2) is 73.6 Å². The molecule has 2 fully saturated rings. The largest absolute Gasteiger partial charge is 0.393 e. The van der Waals surface area contributed by atoms with E-state index in [1.807, 2.05) is 17.0 Å². The molecule has 5 rings (SSSR count). The second-order valence-electron chi connectivity index (χ2n) is 8.55. The summed E-state index contributed by atoms with van der Waals surface area (Å²) in [6, 6.07) is 7.03. The molecule has 0 amide bonds. The molecule has 0 spiro atoms. The SMILES string of the molecule is NC(=S)N1CCC(O)CC1.OC1CCN(c2nc(-c3ccncc3)c(-c3ccnc(F)c3)s2)CC1. The van der Waals surface area contributed by atoms with Gasteiger partial charge in [-0.2, -0.15) is 4.39 Å². The van der Waals surface area contributed by atoms with Gasteiger partial charge in [0.15, 0.2) is 10.2 Å². The lowest BCUT2D eigenvalue weighted by molar-refractivity contribution is 0.109. The van der Waals surface area contributed by atoms with Gasteiger partial charge in [0.05, 0.1) is 22.8 Å². The molecule has 8 nitrogen and oxygen atoms in total. The average Bonchev–Trinajstić information content (AvgIpc) is 3.31. The summed E-state index contributed by atoms with van der Waals surface area (Å²) in [6.45, 7) is 3.15. The lowest BCUT2D eigenvalue weighted by atomic mass is 10.1. The van der Waals surface area contributed by atoms with Crippen LogP contribution in [-0.2, 0) is 0 Å². The lowest BCUT2D eigenvalue weighted by Gasteiger charge is -2.29. The van der Waals surface area contributed by atoms with Gasteiger partial charge in [-0.05, 0) is 56.1 Å². The summed E-state index contributed by atoms with van der Waals surface area (Å²) in [5.74, 6) is -0.505. The normalized spacial score (nSPS) is 17.1. The molecular formula is C24H29FN6O2S2. The summed E-state index contributed by atoms with van der Waals surface area (Å²) in [5, 5.41) is 20.2. The van der Waals surface area contributed by atoms with Gasteiger partial charge in [-0.15, -0.1) is 0 Å². The molecule has 2 aliphatic heterocycles. The maximum Gasteiger partial charge on any atom is 0.213 e. The topological polar surface area (TPSA) is 112 Å². The van der Waals surface area contributed by atoms with Crippen LogP contribution in [0.25, 0.3) is 21.7 Å². The Hall–Kier alpha value is -2.73. The van der Waals surface area contributed by atoms with Crippen molar-refractivity contribution in [1.82, 2.24) is 19.9 Å². The number of aliphatic hydroxyl groups excluding tert-OH is 2. The minimum absolute atomic E-state index is 0.148. The second-order valence-corrected chi connectivity index (χ2v) is 9.95. The smallest absolute Gasteiger partial charge is 0.213 e. The van der Waals surface area contributed by atoms with E-state index in [0.717, 1.165) is 78.7 Å². The third-order valence-electron chi connectivity index (χ3n) is 6.07. The van der Waals surface area contributed by atoms with Crippen molar-refractivity contribution in [2.24, 2.45) is 5.73 Å². The van der Waals surface area contributed by atoms with Crippen molar-refractivity contribution >= 4 is 33.8 Å². The second kappa shape index (κ2) is 11.8. The van der Waals surface area contributed by atoms with E-state index >= 15 is 0 Å². The van der Waals surface area contributed by atoms with E-state index in [-0.39, 0.29) is 12.2 Å². The summed E-state index contributed by atoms with van der Waals surface area (Å²) in [6.07, 6.45) is 7.60. The van der Waals surface area contributed by atoms with Crippen molar-refractivity contribution in [2.75, 3.05) is 31.1 Å². The van der Waals surface area contributed by atoms with Gasteiger partial charge in [0, 0.05) is 62.0 Å². The van der Waals surface area contributed by atoms with Crippen LogP contribution in [0.5, 0.6) is 0 Å². The third kappa shape index (κ3) is 6.69. The van der Waals surface area contributed by atoms with E-state index in [9.17, 15) is 9.50 Å². The van der Waals surface area contributed by atoms with E-state index in [1.165, 1.54) is 12.3 Å². The van der Waals surface area contributed by atoms with Gasteiger partial charge >= 0.3 is 0 Å². The van der Waals surface area contributed by atoms with Gasteiger partial charge in [-0.25, -0.2) is 9.97 Å². The predicted molar refractivity (Wildman–Crippen MR) is 140 cm³/mol. The molecule has 3 aromatic heterocycles. The summed E-state index contributed by atoms with van der Waals surface area (Å²) in [7, 11) is 0. The van der Waals surface area contributed by atoms with E-state index in [1.54, 1.807) is 29.8 Å². The number of aliphatic hydroxyl groups is 2. The Labute approximate surface area is 213 Å². The highest BCUT2D eigenvalue weighted by molar-refractivity contribution is 7.80. The molecule has 0 bridgehead atoms. The molecule has 0 atom stereocenters. The van der Waals surface area contributed by atoms with Gasteiger partial charge in [0.25, 0.3) is 0 Å². The van der Waals surface area contributed by atoms with Crippen LogP contribution in [0.1, 0.15) is 25.7 Å². The highest BCUT2D eigenvalue weighted by atomic mass is 32.1. The van der Waals surface area contributed by atoms with Crippen LogP contribution in [0.3, 0.4) is 0 Å². The number of nitrogens with two attached hydrogens (primary N) is 1. The first-order chi connectivity index (χ1) is 16.9. The maximum absolute atomic E-state index is 13.6. The molecule has 5 heterocycles. The van der Waals surface area contributed by atoms with Crippen molar-refractivity contribution in [3.8, 4) is 21.7 Å². The number of rotatable bonds is 3. The van der Waals surface area contributed by atoms with Crippen LogP contribution < -0.4 is 10.6 Å². The Balaban J connectivity index is 0.000000243. The molecular weight excluding hydrogens is 487 g/mol. The Morgan fingerprint density at radius 3 is 2.17 bits per heavy atom. The molecule has 0 unspecified atom stereocenters. The number of thiazole rings is 1. The third-order valence-corrected chi connectivity index (χ3v) is 7.49. The van der Waals surface area contributed by atoms with Crippen molar-refractivity contribution in [3.05, 3.63) is 48.8 Å². The zero-order valence-electron chi connectivity index (χ0n) is 19.3. The fourth-order valence-corrected chi connectivity index (χ4v) is 5.35. The highest BCUT2D eigenvalue weighted by Gasteiger charge is 2.23. The summed E-state index contributed by atoms with van der Waals surface area (Å²) in [4.78, 5) is 17.5. The van der Waals surface area contributed by atoms with Crippen molar-refractivity contribution in [1.29, 1.82) is 0 Å². The van der Waals surface area contributed by atoms with E-state index in [2.05, 4.69) is 14.9 Å². The number of aromatic nitrogens is 3. The number of piperidine rings is 2. The molecule has 3 aromatic rings. The summed E-state index contributed by atoms with van der Waals surface area (Å²) in [5.41, 5.74) is 7.92. The molecule has 0 aromatic carbocycles. The van der Waals surface area contributed by atoms with E-state index < -0.39 is 5.95 Å². The quantitative estimate of drug-likeness (QED) is 0.357. The zero-order valence-corrected chi connectivity index (χ0v) is 20.9. The monoisotopic (exact) mass is 516 g/mol. The molecule has 35 heavy (non-hydrogen) atoms. The minimum Gasteiger partial charge on any atom is -0.393 e. The first kappa shape index (κ1) is 25.4. The molecule has 2 aliphatic rings. The summed E-state index contributed by atoms with van der Waals surface area (Å²) < 4.78 is 13.6. The van der Waals surface area contributed by atoms with Crippen molar-refractivity contribution in [2.45, 2.75) is 37.9 Å². The van der Waals surface area contributed by atoms with Crippen molar-refractivity contribution in [3.63, 3.8) is 0 Å². The summed E-state index contributed by atoms with van der Waals surface area (Å²) >= 11 is 6.32. The molecule has 186 valence electrons. The fourth-order valence-electron chi connectivity index (χ4n) is 4.03. The Kier molecular flexibility index (Phi) is 8.55. The van der Waals surface area contributed by atoms with Gasteiger partial charge in [-0.3, -0.25) is 4.98 Å². The number of thiocarbonyl (C=S) groups is 1. The lowest BCUT2D eigenvalue weighted by Crippen LogP contribution is -2.42. The van der Waals surface area contributed by atoms with Crippen LogP contribution in [0.4, 0.5) is 9.52 Å². The average molecular weight is 517 g/mol. The van der Waals surface area contributed by atoms with Gasteiger partial charge < -0.3 is 25.7 Å². The van der Waals surface area contributed by atoms with Crippen LogP contribution in [0.2, 0.25) is 0 Å². The molecule has 11 heteroatoms. The Morgan fingerprint density at radius 2 is 1.57 bits per heavy atom. The van der Waals surface area contributed by atoms with Crippen molar-refractivity contribution < 1.29 is 14.6 Å². The number of anilines is 1. The zero-order chi connectivity index (χ0) is 24.8. The van der Waals surface area contributed by atoms with Crippen LogP contribution in [0.15, 0.2) is 42.9 Å². The first-order valence-electron chi connectivity index (χ1n) is 11.6. The molecule has 0 saturated carbocycles. The number of likely N-dealkylation sites (tertiary alicyclic amines) is 1. The van der Waals surface area contributed by atoms with Crippen LogP contribution >= 0.6 is 23.6 Å². The van der Waals surface area contributed by atoms with Gasteiger partial charge in [-0.1, -0.05) is 11.3 Å². The molecule has 0 radical (unpaired) electrons. The number of pyridine rings is 2. The van der Waals surface area contributed by atoms with Gasteiger partial charge in [0.2, 0.25) is 5.95 Å². The highest BCUT2D eigenvalue weighted by Crippen LogP contribution is 2.40. The number of hydrogen-bond acceptors (Lipinski definition) is 8. The molecule has 2 saturated heterocycles. The number of nitrogens with zero attached hydrogens (tertiary/aromatic N) is 5. The Morgan fingerprint density at radius 1 is 0.971 bits per heavy atom. The van der Waals surface area contributed by atoms with E-state index in [0.29, 0.717) is 5.11 Å². The minimum atomic E-state index is -0.505. The standard InChI is InChI=1S/C18H17FN4OS.C6H12N2OS/c19-15-11-13(3-8-21-15)17-16(12-1-6-20-7-2-12)22-18(25-17)23-9-4-14(24)5-10-23;7-6(10)8-3-1-5(9)2-4-8/h1-3,6-8,11,14,24H,4-5,9-10H2;5,9H,1-4H2,(H2,7,10). The van der Waals surface area contributed by atoms with Crippen LogP contribution in [0, 0.1) is 5.95 Å².